The van der Waals surface area contributed by atoms with E-state index in [-0.39, 0.29) is 30.3 Å². The van der Waals surface area contributed by atoms with Gasteiger partial charge in [0.1, 0.15) is 0 Å². The highest BCUT2D eigenvalue weighted by molar-refractivity contribution is 6.05. The summed E-state index contributed by atoms with van der Waals surface area (Å²) in [5.41, 5.74) is 2.71. The van der Waals surface area contributed by atoms with Crippen molar-refractivity contribution in [3.05, 3.63) is 41.5 Å². The summed E-state index contributed by atoms with van der Waals surface area (Å²) >= 11 is 0. The Hall–Kier alpha value is -2.10. The Balaban J connectivity index is 1.77. The van der Waals surface area contributed by atoms with Crippen molar-refractivity contribution in [2.75, 3.05) is 5.32 Å². The molecule has 0 aromatic heterocycles. The van der Waals surface area contributed by atoms with E-state index in [2.05, 4.69) is 19.2 Å². The molecule has 1 aromatic carbocycles. The zero-order chi connectivity index (χ0) is 16.4. The van der Waals surface area contributed by atoms with Crippen LogP contribution >= 0.6 is 0 Å². The number of nitrogens with zero attached hydrogens (tertiary/aromatic N) is 1. The fourth-order valence-corrected chi connectivity index (χ4v) is 3.76. The maximum Gasteiger partial charge on any atom is 0.251 e. The number of carbonyl (C=O) groups is 2. The van der Waals surface area contributed by atoms with Crippen molar-refractivity contribution in [2.45, 2.75) is 58.0 Å². The Morgan fingerprint density at radius 3 is 2.70 bits per heavy atom. The molecule has 4 nitrogen and oxygen atoms in total. The third-order valence-electron chi connectivity index (χ3n) is 4.74. The Kier molecular flexibility index (Phi) is 4.51. The van der Waals surface area contributed by atoms with Gasteiger partial charge in [-0.15, -0.1) is 0 Å². The lowest BCUT2D eigenvalue weighted by molar-refractivity contribution is -0.130. The van der Waals surface area contributed by atoms with E-state index in [0.717, 1.165) is 36.9 Å². The second-order valence-corrected chi connectivity index (χ2v) is 6.66. The maximum absolute atomic E-state index is 12.8. The van der Waals surface area contributed by atoms with E-state index < -0.39 is 0 Å². The Labute approximate surface area is 137 Å². The normalized spacial score (nSPS) is 20.9. The number of amides is 2. The molecule has 1 aliphatic heterocycles. The minimum atomic E-state index is -0.109. The number of para-hydroxylation sites is 1. The van der Waals surface area contributed by atoms with E-state index >= 15 is 0 Å². The summed E-state index contributed by atoms with van der Waals surface area (Å²) in [6.45, 7) is 4.11. The lowest BCUT2D eigenvalue weighted by Crippen LogP contribution is -2.41. The van der Waals surface area contributed by atoms with E-state index in [1.54, 1.807) is 0 Å². The molecule has 4 heteroatoms. The van der Waals surface area contributed by atoms with E-state index in [1.165, 1.54) is 5.57 Å². The molecule has 0 radical (unpaired) electrons. The minimum Gasteiger partial charge on any atom is -0.330 e. The van der Waals surface area contributed by atoms with Crippen LogP contribution in [0.1, 0.15) is 46.0 Å². The van der Waals surface area contributed by atoms with Gasteiger partial charge in [-0.25, -0.2) is 0 Å². The largest absolute Gasteiger partial charge is 0.330 e. The van der Waals surface area contributed by atoms with Crippen LogP contribution in [0.25, 0.3) is 0 Å². The average molecular weight is 312 g/mol. The van der Waals surface area contributed by atoms with E-state index in [4.69, 9.17) is 0 Å². The molecule has 23 heavy (non-hydrogen) atoms. The number of hydrogen-bond donors (Lipinski definition) is 1. The molecule has 2 aliphatic rings. The fourth-order valence-electron chi connectivity index (χ4n) is 3.76. The van der Waals surface area contributed by atoms with Gasteiger partial charge in [0.05, 0.1) is 12.5 Å². The molecule has 1 fully saturated rings. The highest BCUT2D eigenvalue weighted by Crippen LogP contribution is 2.39. The Bertz CT molecular complexity index is 634. The first kappa shape index (κ1) is 15.8. The van der Waals surface area contributed by atoms with Crippen LogP contribution in [0.2, 0.25) is 0 Å². The van der Waals surface area contributed by atoms with Crippen LogP contribution in [0.4, 0.5) is 5.69 Å². The highest BCUT2D eigenvalue weighted by atomic mass is 16.2. The molecule has 0 spiro atoms. The van der Waals surface area contributed by atoms with Crippen LogP contribution in [0.3, 0.4) is 0 Å². The Morgan fingerprint density at radius 2 is 2.00 bits per heavy atom. The monoisotopic (exact) mass is 312 g/mol. The number of anilines is 1. The lowest BCUT2D eigenvalue weighted by atomic mass is 9.88. The van der Waals surface area contributed by atoms with Crippen LogP contribution in [-0.2, 0) is 9.59 Å². The Morgan fingerprint density at radius 1 is 1.26 bits per heavy atom. The van der Waals surface area contributed by atoms with Gasteiger partial charge in [0.15, 0.2) is 0 Å². The SMILES string of the molecule is CC(C)N1C(=O)C(CC(=O)Nc2ccccc2)=C2CCCCC21. The molecular formula is C19H24N2O2. The predicted molar refractivity (Wildman–Crippen MR) is 91.0 cm³/mol. The minimum absolute atomic E-state index is 0.0603. The zero-order valence-electron chi connectivity index (χ0n) is 13.8. The summed E-state index contributed by atoms with van der Waals surface area (Å²) in [6.07, 6.45) is 4.45. The fraction of sp³-hybridized carbons (Fsp3) is 0.474. The molecule has 1 N–H and O–H groups in total. The first-order chi connectivity index (χ1) is 11.1. The molecule has 1 aliphatic carbocycles. The van der Waals surface area contributed by atoms with Gasteiger partial charge in [0.2, 0.25) is 5.91 Å². The van der Waals surface area contributed by atoms with E-state index in [9.17, 15) is 9.59 Å². The zero-order valence-corrected chi connectivity index (χ0v) is 13.8. The van der Waals surface area contributed by atoms with Gasteiger partial charge in [-0.05, 0) is 50.8 Å². The number of fused-ring (bicyclic) bond motifs is 1. The summed E-state index contributed by atoms with van der Waals surface area (Å²) < 4.78 is 0. The molecular weight excluding hydrogens is 288 g/mol. The van der Waals surface area contributed by atoms with Crippen LogP contribution < -0.4 is 5.32 Å². The summed E-state index contributed by atoms with van der Waals surface area (Å²) in [5.74, 6) is -0.0490. The first-order valence-corrected chi connectivity index (χ1v) is 8.47. The second kappa shape index (κ2) is 6.57. The number of benzene rings is 1. The van der Waals surface area contributed by atoms with Crippen molar-refractivity contribution in [2.24, 2.45) is 0 Å². The molecule has 1 aromatic rings. The van der Waals surface area contributed by atoms with Gasteiger partial charge in [-0.2, -0.15) is 0 Å². The van der Waals surface area contributed by atoms with Crippen LogP contribution in [0.15, 0.2) is 41.5 Å². The molecule has 1 unspecified atom stereocenters. The smallest absolute Gasteiger partial charge is 0.251 e. The average Bonchev–Trinajstić information content (AvgIpc) is 2.81. The second-order valence-electron chi connectivity index (χ2n) is 6.66. The van der Waals surface area contributed by atoms with Gasteiger partial charge in [-0.1, -0.05) is 24.6 Å². The van der Waals surface area contributed by atoms with Crippen LogP contribution in [0, 0.1) is 0 Å². The van der Waals surface area contributed by atoms with Crippen molar-refractivity contribution < 1.29 is 9.59 Å². The third kappa shape index (κ3) is 3.16. The van der Waals surface area contributed by atoms with Crippen molar-refractivity contribution in [3.8, 4) is 0 Å². The van der Waals surface area contributed by atoms with E-state index in [0.29, 0.717) is 0 Å². The summed E-state index contributed by atoms with van der Waals surface area (Å²) in [4.78, 5) is 27.1. The molecule has 2 amide bonds. The van der Waals surface area contributed by atoms with Gasteiger partial charge >= 0.3 is 0 Å². The van der Waals surface area contributed by atoms with Gasteiger partial charge in [0.25, 0.3) is 5.91 Å². The molecule has 1 heterocycles. The molecule has 0 bridgehead atoms. The topological polar surface area (TPSA) is 49.4 Å². The number of nitrogens with one attached hydrogen (secondary N) is 1. The van der Waals surface area contributed by atoms with E-state index in [1.807, 2.05) is 35.2 Å². The molecule has 1 saturated carbocycles. The predicted octanol–water partition coefficient (Wildman–Crippen LogP) is 3.51. The molecule has 1 atom stereocenters. The molecule has 3 rings (SSSR count). The first-order valence-electron chi connectivity index (χ1n) is 8.47. The van der Waals surface area contributed by atoms with Crippen LogP contribution in [-0.4, -0.2) is 28.8 Å². The van der Waals surface area contributed by atoms with Crippen LogP contribution in [0.5, 0.6) is 0 Å². The molecule has 122 valence electrons. The van der Waals surface area contributed by atoms with Crippen molar-refractivity contribution in [3.63, 3.8) is 0 Å². The van der Waals surface area contributed by atoms with Gasteiger partial charge in [-0.3, -0.25) is 9.59 Å². The van der Waals surface area contributed by atoms with Gasteiger partial charge < -0.3 is 10.2 Å². The van der Waals surface area contributed by atoms with Crippen molar-refractivity contribution >= 4 is 17.5 Å². The summed E-state index contributed by atoms with van der Waals surface area (Å²) in [5, 5.41) is 2.89. The number of carbonyl (C=O) groups excluding carboxylic acids is 2. The standard InChI is InChI=1S/C19H24N2O2/c1-13(2)21-17-11-7-6-10-15(17)16(19(21)23)12-18(22)20-14-8-4-3-5-9-14/h3-5,8-9,13,17H,6-7,10-12H2,1-2H3,(H,20,22). The maximum atomic E-state index is 12.8. The lowest BCUT2D eigenvalue weighted by Gasteiger charge is -2.33. The number of hydrogen-bond acceptors (Lipinski definition) is 2. The quantitative estimate of drug-likeness (QED) is 0.925. The molecule has 0 saturated heterocycles. The summed E-state index contributed by atoms with van der Waals surface area (Å²) in [7, 11) is 0. The van der Waals surface area contributed by atoms with Gasteiger partial charge in [0, 0.05) is 17.3 Å². The van der Waals surface area contributed by atoms with Crippen molar-refractivity contribution in [1.29, 1.82) is 0 Å². The van der Waals surface area contributed by atoms with Crippen molar-refractivity contribution in [1.82, 2.24) is 4.90 Å². The number of rotatable bonds is 4. The summed E-state index contributed by atoms with van der Waals surface area (Å²) in [6, 6.07) is 9.79. The third-order valence-corrected chi connectivity index (χ3v) is 4.74. The highest BCUT2D eigenvalue weighted by Gasteiger charge is 2.41.